The lowest BCUT2D eigenvalue weighted by molar-refractivity contribution is 1.18. The quantitative estimate of drug-likeness (QED) is 0.293. The summed E-state index contributed by atoms with van der Waals surface area (Å²) in [5, 5.41) is 1.92. The summed E-state index contributed by atoms with van der Waals surface area (Å²) >= 11 is 3.47. The second-order valence-corrected chi connectivity index (χ2v) is 6.98. The van der Waals surface area contributed by atoms with Gasteiger partial charge in [-0.25, -0.2) is 0 Å². The highest BCUT2D eigenvalue weighted by atomic mass is 79.9. The lowest BCUT2D eigenvalue weighted by Gasteiger charge is -2.08. The van der Waals surface area contributed by atoms with E-state index in [9.17, 15) is 0 Å². The Hall–Kier alpha value is -2.84. The molecule has 1 nitrogen and oxygen atoms in total. The molecular weight excluding hydrogens is 382 g/mol. The number of hydrogen-bond acceptors (Lipinski definition) is 0. The molecule has 0 radical (unpaired) electrons. The van der Waals surface area contributed by atoms with Gasteiger partial charge in [-0.05, 0) is 53.5 Å². The minimum atomic E-state index is -0.392. The first-order chi connectivity index (χ1) is 14.9. The summed E-state index contributed by atoms with van der Waals surface area (Å²) in [6, 6.07) is 20.4. The first-order valence-corrected chi connectivity index (χ1v) is 9.04. The molecule has 4 aromatic carbocycles. The van der Waals surface area contributed by atoms with Gasteiger partial charge in [-0.3, -0.25) is 0 Å². The van der Waals surface area contributed by atoms with Crippen molar-refractivity contribution in [2.45, 2.75) is 0 Å². The number of benzene rings is 4. The van der Waals surface area contributed by atoms with Gasteiger partial charge in [0.05, 0.1) is 17.9 Å². The molecule has 0 saturated carbocycles. The third kappa shape index (κ3) is 2.46. The van der Waals surface area contributed by atoms with E-state index in [0.29, 0.717) is 0 Å². The zero-order valence-corrected chi connectivity index (χ0v) is 15.3. The molecule has 0 unspecified atom stereocenters. The van der Waals surface area contributed by atoms with Crippen LogP contribution < -0.4 is 0 Å². The van der Waals surface area contributed by atoms with Crippen LogP contribution in [0.2, 0.25) is 0 Å². The number of halogens is 1. The lowest BCUT2D eigenvalue weighted by Crippen LogP contribution is -1.92. The summed E-state index contributed by atoms with van der Waals surface area (Å²) in [6.45, 7) is 0. The minimum absolute atomic E-state index is 0.161. The molecule has 1 heterocycles. The monoisotopic (exact) mass is 402 g/mol. The maximum Gasteiger partial charge on any atom is 0.0645 e. The van der Waals surface area contributed by atoms with Gasteiger partial charge in [0.15, 0.2) is 0 Å². The fourth-order valence-electron chi connectivity index (χ4n) is 3.39. The third-order valence-corrected chi connectivity index (χ3v) is 5.09. The molecule has 2 heteroatoms. The van der Waals surface area contributed by atoms with Gasteiger partial charge in [-0.2, -0.15) is 0 Å². The SMILES string of the molecule is [2H]c1c([2H])c([2H])c(-n2c3ccccc3c3cc(-c4ccc(Br)cc4)ccc32)c([2H])c1[2H]. The molecule has 0 aliphatic carbocycles. The summed E-state index contributed by atoms with van der Waals surface area (Å²) in [4.78, 5) is 0. The standard InChI is InChI=1S/C24H16BrN/c25-19-13-10-17(11-14-19)18-12-15-24-22(16-18)21-8-4-5-9-23(21)26(24)20-6-2-1-3-7-20/h1-16H/i1D,2D,3D,6D,7D. The van der Waals surface area contributed by atoms with Crippen LogP contribution in [-0.4, -0.2) is 4.57 Å². The van der Waals surface area contributed by atoms with Crippen molar-refractivity contribution in [3.63, 3.8) is 0 Å². The topological polar surface area (TPSA) is 4.93 Å². The summed E-state index contributed by atoms with van der Waals surface area (Å²) in [5.41, 5.74) is 3.87. The highest BCUT2D eigenvalue weighted by molar-refractivity contribution is 9.10. The van der Waals surface area contributed by atoms with Crippen LogP contribution in [0.5, 0.6) is 0 Å². The number of fused-ring (bicyclic) bond motifs is 3. The van der Waals surface area contributed by atoms with Crippen molar-refractivity contribution in [3.8, 4) is 16.8 Å². The van der Waals surface area contributed by atoms with Crippen LogP contribution in [0.15, 0.2) is 101 Å². The number of aromatic nitrogens is 1. The first kappa shape index (κ1) is 11.0. The molecule has 1 aromatic heterocycles. The Kier molecular flexibility index (Phi) is 2.60. The average Bonchev–Trinajstić information content (AvgIpc) is 3.11. The Morgan fingerprint density at radius 3 is 2.19 bits per heavy atom. The van der Waals surface area contributed by atoms with E-state index in [1.165, 1.54) is 0 Å². The molecule has 0 atom stereocenters. The van der Waals surface area contributed by atoms with E-state index in [-0.39, 0.29) is 29.9 Å². The zero-order valence-electron chi connectivity index (χ0n) is 18.7. The molecule has 124 valence electrons. The molecule has 0 spiro atoms. The van der Waals surface area contributed by atoms with Crippen LogP contribution >= 0.6 is 15.9 Å². The van der Waals surface area contributed by atoms with Crippen molar-refractivity contribution < 1.29 is 6.85 Å². The second-order valence-electron chi connectivity index (χ2n) is 6.06. The van der Waals surface area contributed by atoms with Crippen molar-refractivity contribution in [2.75, 3.05) is 0 Å². The molecule has 0 bridgehead atoms. The smallest absolute Gasteiger partial charge is 0.0645 e. The van der Waals surface area contributed by atoms with Crippen LogP contribution in [0, 0.1) is 0 Å². The molecule has 0 N–H and O–H groups in total. The van der Waals surface area contributed by atoms with Crippen molar-refractivity contribution in [1.82, 2.24) is 4.57 Å². The predicted octanol–water partition coefficient (Wildman–Crippen LogP) is 7.21. The lowest BCUT2D eigenvalue weighted by atomic mass is 10.0. The van der Waals surface area contributed by atoms with E-state index in [4.69, 9.17) is 6.85 Å². The Morgan fingerprint density at radius 1 is 0.692 bits per heavy atom. The Bertz CT molecular complexity index is 1460. The van der Waals surface area contributed by atoms with Gasteiger partial charge < -0.3 is 4.57 Å². The molecule has 0 aliphatic heterocycles. The number of rotatable bonds is 2. The molecule has 26 heavy (non-hydrogen) atoms. The summed E-state index contributed by atoms with van der Waals surface area (Å²) < 4.78 is 43.8. The third-order valence-electron chi connectivity index (χ3n) is 4.56. The maximum absolute atomic E-state index is 8.46. The largest absolute Gasteiger partial charge is 0.309 e. The number of hydrogen-bond donors (Lipinski definition) is 0. The summed E-state index contributed by atoms with van der Waals surface area (Å²) in [5.74, 6) is 0. The maximum atomic E-state index is 8.46. The Morgan fingerprint density at radius 2 is 1.38 bits per heavy atom. The van der Waals surface area contributed by atoms with E-state index in [2.05, 4.69) is 22.0 Å². The fraction of sp³-hybridized carbons (Fsp3) is 0. The van der Waals surface area contributed by atoms with Crippen LogP contribution in [0.25, 0.3) is 38.6 Å². The van der Waals surface area contributed by atoms with Gasteiger partial charge in [-0.1, -0.05) is 70.5 Å². The molecule has 0 amide bonds. The van der Waals surface area contributed by atoms with E-state index >= 15 is 0 Å². The van der Waals surface area contributed by atoms with E-state index < -0.39 is 6.04 Å². The average molecular weight is 403 g/mol. The molecule has 0 saturated heterocycles. The minimum Gasteiger partial charge on any atom is -0.309 e. The molecule has 5 rings (SSSR count). The highest BCUT2D eigenvalue weighted by Crippen LogP contribution is 2.34. The van der Waals surface area contributed by atoms with Crippen LogP contribution in [0.1, 0.15) is 6.85 Å². The van der Waals surface area contributed by atoms with E-state index in [1.807, 2.05) is 60.7 Å². The van der Waals surface area contributed by atoms with Crippen LogP contribution in [0.4, 0.5) is 0 Å². The van der Waals surface area contributed by atoms with Crippen LogP contribution in [-0.2, 0) is 0 Å². The molecule has 5 aromatic rings. The van der Waals surface area contributed by atoms with Gasteiger partial charge in [0.25, 0.3) is 0 Å². The van der Waals surface area contributed by atoms with Gasteiger partial charge in [0.1, 0.15) is 0 Å². The summed E-state index contributed by atoms with van der Waals surface area (Å²) in [6.07, 6.45) is 0. The van der Waals surface area contributed by atoms with E-state index in [1.54, 1.807) is 4.57 Å². The molecule has 0 aliphatic rings. The number of para-hydroxylation sites is 2. The molecule has 0 fully saturated rings. The second kappa shape index (κ2) is 6.15. The van der Waals surface area contributed by atoms with Crippen molar-refractivity contribution >= 4 is 37.7 Å². The number of nitrogens with zero attached hydrogens (tertiary/aromatic N) is 1. The zero-order chi connectivity index (χ0) is 21.9. The van der Waals surface area contributed by atoms with Gasteiger partial charge in [0, 0.05) is 20.9 Å². The van der Waals surface area contributed by atoms with Crippen molar-refractivity contribution in [1.29, 1.82) is 0 Å². The highest BCUT2D eigenvalue weighted by Gasteiger charge is 2.12. The summed E-state index contributed by atoms with van der Waals surface area (Å²) in [7, 11) is 0. The van der Waals surface area contributed by atoms with E-state index in [0.717, 1.165) is 37.4 Å². The predicted molar refractivity (Wildman–Crippen MR) is 114 cm³/mol. The normalized spacial score (nSPS) is 14.0. The van der Waals surface area contributed by atoms with Gasteiger partial charge >= 0.3 is 0 Å². The van der Waals surface area contributed by atoms with Crippen molar-refractivity contribution in [3.05, 3.63) is 101 Å². The van der Waals surface area contributed by atoms with Crippen molar-refractivity contribution in [2.24, 2.45) is 0 Å². The van der Waals surface area contributed by atoms with Crippen LogP contribution in [0.3, 0.4) is 0 Å². The first-order valence-electron chi connectivity index (χ1n) is 10.7. The Labute approximate surface area is 167 Å². The molecular formula is C24H16BrN. The fourth-order valence-corrected chi connectivity index (χ4v) is 3.66. The Balaban J connectivity index is 1.88. The van der Waals surface area contributed by atoms with Gasteiger partial charge in [0.2, 0.25) is 0 Å². The van der Waals surface area contributed by atoms with Gasteiger partial charge in [-0.15, -0.1) is 0 Å².